The third-order valence-corrected chi connectivity index (χ3v) is 2.75. The molecule has 3 nitrogen and oxygen atoms in total. The molecule has 0 atom stereocenters. The normalized spacial score (nSPS) is 10.9. The molecule has 0 aromatic carbocycles. The van der Waals surface area contributed by atoms with E-state index in [-0.39, 0.29) is 11.4 Å². The summed E-state index contributed by atoms with van der Waals surface area (Å²) in [5.74, 6) is -0.204. The summed E-state index contributed by atoms with van der Waals surface area (Å²) in [7, 11) is 3.56. The molecule has 0 aliphatic rings. The van der Waals surface area contributed by atoms with E-state index in [2.05, 4.69) is 0 Å². The van der Waals surface area contributed by atoms with Crippen LogP contribution in [0.2, 0.25) is 0 Å². The SMILES string of the molecule is Cc1csc(C(=O)C(C#N)=CN(C)C)c1. The van der Waals surface area contributed by atoms with Gasteiger partial charge in [0.1, 0.15) is 11.6 Å². The summed E-state index contributed by atoms with van der Waals surface area (Å²) in [5, 5.41) is 10.8. The Labute approximate surface area is 93.3 Å². The molecule has 0 saturated heterocycles. The van der Waals surface area contributed by atoms with Gasteiger partial charge in [-0.05, 0) is 23.9 Å². The van der Waals surface area contributed by atoms with Gasteiger partial charge in [0.2, 0.25) is 5.78 Å². The molecule has 0 radical (unpaired) electrons. The first-order chi connectivity index (χ1) is 7.04. The molecule has 0 amide bonds. The van der Waals surface area contributed by atoms with Crippen LogP contribution in [0.15, 0.2) is 23.2 Å². The Bertz CT molecular complexity index is 438. The maximum absolute atomic E-state index is 11.8. The average molecular weight is 220 g/mol. The van der Waals surface area contributed by atoms with Crippen LogP contribution in [0.4, 0.5) is 0 Å². The molecule has 78 valence electrons. The lowest BCUT2D eigenvalue weighted by Gasteiger charge is -2.04. The number of thiophene rings is 1. The van der Waals surface area contributed by atoms with Crippen molar-refractivity contribution in [3.8, 4) is 6.07 Å². The number of carbonyl (C=O) groups is 1. The molecule has 0 N–H and O–H groups in total. The lowest BCUT2D eigenvalue weighted by Crippen LogP contribution is -2.07. The predicted molar refractivity (Wildman–Crippen MR) is 60.8 cm³/mol. The first-order valence-corrected chi connectivity index (χ1v) is 5.30. The highest BCUT2D eigenvalue weighted by Crippen LogP contribution is 2.17. The van der Waals surface area contributed by atoms with Crippen LogP contribution in [0, 0.1) is 18.3 Å². The predicted octanol–water partition coefficient (Wildman–Crippen LogP) is 2.21. The first kappa shape index (κ1) is 11.5. The summed E-state index contributed by atoms with van der Waals surface area (Å²) >= 11 is 1.37. The smallest absolute Gasteiger partial charge is 0.214 e. The van der Waals surface area contributed by atoms with Crippen LogP contribution in [0.25, 0.3) is 0 Å². The number of carbonyl (C=O) groups excluding carboxylic acids is 1. The van der Waals surface area contributed by atoms with Crippen molar-refractivity contribution in [1.29, 1.82) is 5.26 Å². The second-order valence-corrected chi connectivity index (χ2v) is 4.35. The van der Waals surface area contributed by atoms with Gasteiger partial charge in [-0.3, -0.25) is 4.79 Å². The van der Waals surface area contributed by atoms with Crippen LogP contribution in [0.5, 0.6) is 0 Å². The van der Waals surface area contributed by atoms with Gasteiger partial charge in [0.15, 0.2) is 0 Å². The largest absolute Gasteiger partial charge is 0.382 e. The second kappa shape index (κ2) is 4.76. The number of allylic oxidation sites excluding steroid dienone is 1. The average Bonchev–Trinajstić information content (AvgIpc) is 2.60. The molecule has 0 spiro atoms. The third kappa shape index (κ3) is 2.93. The van der Waals surface area contributed by atoms with Crippen molar-refractivity contribution >= 4 is 17.1 Å². The van der Waals surface area contributed by atoms with Gasteiger partial charge >= 0.3 is 0 Å². The molecule has 0 aliphatic carbocycles. The van der Waals surface area contributed by atoms with E-state index in [0.717, 1.165) is 5.56 Å². The maximum atomic E-state index is 11.8. The summed E-state index contributed by atoms with van der Waals surface area (Å²) in [6.45, 7) is 1.93. The molecule has 0 bridgehead atoms. The van der Waals surface area contributed by atoms with E-state index in [0.29, 0.717) is 4.88 Å². The Balaban J connectivity index is 2.99. The number of ketones is 1. The highest BCUT2D eigenvalue weighted by molar-refractivity contribution is 7.12. The summed E-state index contributed by atoms with van der Waals surface area (Å²) in [5.41, 5.74) is 1.22. The van der Waals surface area contributed by atoms with Gasteiger partial charge in [-0.15, -0.1) is 11.3 Å². The molecule has 15 heavy (non-hydrogen) atoms. The molecule has 1 aromatic heterocycles. The van der Waals surface area contributed by atoms with Gasteiger partial charge in [0.05, 0.1) is 4.88 Å². The van der Waals surface area contributed by atoms with Gasteiger partial charge in [0, 0.05) is 20.3 Å². The molecule has 0 aliphatic heterocycles. The number of aryl methyl sites for hydroxylation is 1. The molecular formula is C11H12N2OS. The number of rotatable bonds is 3. The highest BCUT2D eigenvalue weighted by Gasteiger charge is 2.13. The Kier molecular flexibility index (Phi) is 3.64. The zero-order chi connectivity index (χ0) is 11.4. The van der Waals surface area contributed by atoms with Crippen molar-refractivity contribution in [3.05, 3.63) is 33.7 Å². The fourth-order valence-corrected chi connectivity index (χ4v) is 1.93. The molecular weight excluding hydrogens is 208 g/mol. The van der Waals surface area contributed by atoms with Crippen molar-refractivity contribution in [2.45, 2.75) is 6.92 Å². The molecule has 1 aromatic rings. The summed E-state index contributed by atoms with van der Waals surface area (Å²) in [4.78, 5) is 14.1. The van der Waals surface area contributed by atoms with Crippen molar-refractivity contribution in [3.63, 3.8) is 0 Å². The van der Waals surface area contributed by atoms with Crippen LogP contribution < -0.4 is 0 Å². The minimum absolute atomic E-state index is 0.168. The van der Waals surface area contributed by atoms with Gasteiger partial charge in [-0.25, -0.2) is 0 Å². The minimum Gasteiger partial charge on any atom is -0.382 e. The molecule has 1 rings (SSSR count). The number of nitriles is 1. The second-order valence-electron chi connectivity index (χ2n) is 3.44. The van der Waals surface area contributed by atoms with Crippen molar-refractivity contribution in [2.75, 3.05) is 14.1 Å². The first-order valence-electron chi connectivity index (χ1n) is 4.42. The Hall–Kier alpha value is -1.60. The zero-order valence-electron chi connectivity index (χ0n) is 8.94. The van der Waals surface area contributed by atoms with Gasteiger partial charge in [0.25, 0.3) is 0 Å². The summed E-state index contributed by atoms with van der Waals surface area (Å²) in [6, 6.07) is 3.72. The zero-order valence-corrected chi connectivity index (χ0v) is 9.76. The van der Waals surface area contributed by atoms with E-state index in [1.54, 1.807) is 25.1 Å². The fourth-order valence-electron chi connectivity index (χ4n) is 1.08. The van der Waals surface area contributed by atoms with Crippen LogP contribution in [-0.4, -0.2) is 24.8 Å². The molecule has 1 heterocycles. The van der Waals surface area contributed by atoms with Crippen LogP contribution in [-0.2, 0) is 0 Å². The molecule has 0 unspecified atom stereocenters. The summed E-state index contributed by atoms with van der Waals surface area (Å²) < 4.78 is 0. The summed E-state index contributed by atoms with van der Waals surface area (Å²) in [6.07, 6.45) is 1.54. The van der Waals surface area contributed by atoms with E-state index in [1.807, 2.05) is 18.4 Å². The molecule has 4 heteroatoms. The number of hydrogen-bond donors (Lipinski definition) is 0. The van der Waals surface area contributed by atoms with Crippen LogP contribution in [0.3, 0.4) is 0 Å². The van der Waals surface area contributed by atoms with Gasteiger partial charge in [-0.2, -0.15) is 5.26 Å². The van der Waals surface area contributed by atoms with E-state index in [9.17, 15) is 4.79 Å². The molecule has 0 fully saturated rings. The number of nitrogens with zero attached hydrogens (tertiary/aromatic N) is 2. The van der Waals surface area contributed by atoms with Crippen molar-refractivity contribution in [1.82, 2.24) is 4.90 Å². The Morgan fingerprint density at radius 1 is 1.60 bits per heavy atom. The van der Waals surface area contributed by atoms with E-state index in [1.165, 1.54) is 17.5 Å². The topological polar surface area (TPSA) is 44.1 Å². The van der Waals surface area contributed by atoms with E-state index >= 15 is 0 Å². The number of hydrogen-bond acceptors (Lipinski definition) is 4. The minimum atomic E-state index is -0.204. The fraction of sp³-hybridized carbons (Fsp3) is 0.273. The standard InChI is InChI=1S/C11H12N2OS/c1-8-4-10(15-7-8)11(14)9(5-12)6-13(2)3/h4,6-7H,1-3H3. The number of Topliss-reactive ketones (excluding diaryl/α,β-unsaturated/α-hetero) is 1. The quantitative estimate of drug-likeness (QED) is 0.445. The Morgan fingerprint density at radius 2 is 2.27 bits per heavy atom. The van der Waals surface area contributed by atoms with E-state index < -0.39 is 0 Å². The third-order valence-electron chi connectivity index (χ3n) is 1.71. The lowest BCUT2D eigenvalue weighted by atomic mass is 10.1. The Morgan fingerprint density at radius 3 is 2.67 bits per heavy atom. The van der Waals surface area contributed by atoms with Crippen molar-refractivity contribution in [2.24, 2.45) is 0 Å². The maximum Gasteiger partial charge on any atom is 0.214 e. The highest BCUT2D eigenvalue weighted by atomic mass is 32.1. The van der Waals surface area contributed by atoms with Gasteiger partial charge < -0.3 is 4.90 Å². The van der Waals surface area contributed by atoms with Gasteiger partial charge in [-0.1, -0.05) is 0 Å². The lowest BCUT2D eigenvalue weighted by molar-refractivity contribution is 0.104. The monoisotopic (exact) mass is 220 g/mol. The van der Waals surface area contributed by atoms with Crippen LogP contribution >= 0.6 is 11.3 Å². The van der Waals surface area contributed by atoms with Crippen molar-refractivity contribution < 1.29 is 4.79 Å². The van der Waals surface area contributed by atoms with Crippen LogP contribution in [0.1, 0.15) is 15.2 Å². The van der Waals surface area contributed by atoms with E-state index in [4.69, 9.17) is 5.26 Å². The molecule has 0 saturated carbocycles.